The van der Waals surface area contributed by atoms with Crippen molar-refractivity contribution in [2.45, 2.75) is 26.9 Å². The molecular weight excluding hydrogens is 242 g/mol. The van der Waals surface area contributed by atoms with Gasteiger partial charge in [0.1, 0.15) is 0 Å². The number of hydrogen-bond acceptors (Lipinski definition) is 4. The zero-order valence-electron chi connectivity index (χ0n) is 11.8. The molecule has 0 saturated carbocycles. The summed E-state index contributed by atoms with van der Waals surface area (Å²) in [6, 6.07) is 5.25. The van der Waals surface area contributed by atoms with E-state index in [0.717, 1.165) is 5.69 Å². The summed E-state index contributed by atoms with van der Waals surface area (Å²) in [5, 5.41) is 5.92. The van der Waals surface area contributed by atoms with Gasteiger partial charge in [-0.2, -0.15) is 0 Å². The summed E-state index contributed by atoms with van der Waals surface area (Å²) in [6.45, 7) is 7.78. The number of amides is 1. The average molecular weight is 265 g/mol. The highest BCUT2D eigenvalue weighted by Crippen LogP contribution is 2.19. The third kappa shape index (κ3) is 5.18. The Balaban J connectivity index is 2.55. The Labute approximate surface area is 114 Å². The van der Waals surface area contributed by atoms with Crippen LogP contribution in [0.5, 0.6) is 0 Å². The maximum atomic E-state index is 11.6. The lowest BCUT2D eigenvalue weighted by Crippen LogP contribution is -2.22. The molecular formula is C14H23N3O2. The molecule has 106 valence electrons. The molecule has 0 unspecified atom stereocenters. The van der Waals surface area contributed by atoms with Gasteiger partial charge < -0.3 is 21.1 Å². The van der Waals surface area contributed by atoms with Crippen molar-refractivity contribution in [3.05, 3.63) is 23.8 Å². The van der Waals surface area contributed by atoms with Crippen molar-refractivity contribution in [2.24, 2.45) is 0 Å². The fourth-order valence-corrected chi connectivity index (χ4v) is 1.61. The summed E-state index contributed by atoms with van der Waals surface area (Å²) in [4.78, 5) is 11.6. The second kappa shape index (κ2) is 7.63. The van der Waals surface area contributed by atoms with Crippen LogP contribution >= 0.6 is 0 Å². The van der Waals surface area contributed by atoms with Gasteiger partial charge in [-0.1, -0.05) is 0 Å². The van der Waals surface area contributed by atoms with Crippen LogP contribution < -0.4 is 16.4 Å². The van der Waals surface area contributed by atoms with Gasteiger partial charge in [0.2, 0.25) is 0 Å². The summed E-state index contributed by atoms with van der Waals surface area (Å²) >= 11 is 0. The molecule has 0 aliphatic rings. The van der Waals surface area contributed by atoms with Gasteiger partial charge in [-0.3, -0.25) is 4.79 Å². The number of nitrogens with one attached hydrogen (secondary N) is 2. The first-order valence-electron chi connectivity index (χ1n) is 6.57. The van der Waals surface area contributed by atoms with E-state index in [1.54, 1.807) is 12.1 Å². The number of hydrogen-bond donors (Lipinski definition) is 3. The SMILES string of the molecule is CCNC(=O)c1ccc(NCCOC(C)C)c(N)c1. The monoisotopic (exact) mass is 265 g/mol. The minimum atomic E-state index is -0.108. The van der Waals surface area contributed by atoms with E-state index in [9.17, 15) is 4.79 Å². The number of nitrogens with two attached hydrogens (primary N) is 1. The topological polar surface area (TPSA) is 76.4 Å². The molecule has 5 heteroatoms. The maximum absolute atomic E-state index is 11.6. The van der Waals surface area contributed by atoms with Crippen molar-refractivity contribution >= 4 is 17.3 Å². The molecule has 19 heavy (non-hydrogen) atoms. The Hall–Kier alpha value is -1.75. The average Bonchev–Trinajstić information content (AvgIpc) is 2.36. The lowest BCUT2D eigenvalue weighted by Gasteiger charge is -2.12. The normalized spacial score (nSPS) is 10.5. The largest absolute Gasteiger partial charge is 0.397 e. The van der Waals surface area contributed by atoms with E-state index in [0.29, 0.717) is 30.9 Å². The highest BCUT2D eigenvalue weighted by molar-refractivity contribution is 5.96. The minimum absolute atomic E-state index is 0.108. The molecule has 0 aromatic heterocycles. The molecule has 0 aliphatic carbocycles. The Morgan fingerprint density at radius 2 is 2.16 bits per heavy atom. The fourth-order valence-electron chi connectivity index (χ4n) is 1.61. The Bertz CT molecular complexity index is 419. The van der Waals surface area contributed by atoms with Crippen molar-refractivity contribution in [1.82, 2.24) is 5.32 Å². The summed E-state index contributed by atoms with van der Waals surface area (Å²) in [5.74, 6) is -0.108. The first-order chi connectivity index (χ1) is 9.04. The van der Waals surface area contributed by atoms with E-state index in [2.05, 4.69) is 10.6 Å². The summed E-state index contributed by atoms with van der Waals surface area (Å²) in [7, 11) is 0. The standard InChI is InChI=1S/C14H23N3O2/c1-4-16-14(18)11-5-6-13(12(15)9-11)17-7-8-19-10(2)3/h5-6,9-10,17H,4,7-8,15H2,1-3H3,(H,16,18). The molecule has 0 fully saturated rings. The first kappa shape index (κ1) is 15.3. The second-order valence-electron chi connectivity index (χ2n) is 4.51. The van der Waals surface area contributed by atoms with Crippen molar-refractivity contribution in [3.63, 3.8) is 0 Å². The van der Waals surface area contributed by atoms with Crippen LogP contribution in [0.4, 0.5) is 11.4 Å². The molecule has 0 atom stereocenters. The molecule has 0 radical (unpaired) electrons. The van der Waals surface area contributed by atoms with Gasteiger partial charge in [-0.05, 0) is 39.0 Å². The molecule has 1 aromatic carbocycles. The van der Waals surface area contributed by atoms with E-state index in [-0.39, 0.29) is 12.0 Å². The van der Waals surface area contributed by atoms with Crippen molar-refractivity contribution < 1.29 is 9.53 Å². The molecule has 0 saturated heterocycles. The summed E-state index contributed by atoms with van der Waals surface area (Å²) in [6.07, 6.45) is 0.222. The third-order valence-corrected chi connectivity index (χ3v) is 2.52. The van der Waals surface area contributed by atoms with Crippen LogP contribution in [0.2, 0.25) is 0 Å². The molecule has 0 spiro atoms. The van der Waals surface area contributed by atoms with Gasteiger partial charge in [-0.15, -0.1) is 0 Å². The summed E-state index contributed by atoms with van der Waals surface area (Å²) < 4.78 is 5.43. The van der Waals surface area contributed by atoms with Crippen LogP contribution in [-0.4, -0.2) is 31.7 Å². The van der Waals surface area contributed by atoms with E-state index < -0.39 is 0 Å². The van der Waals surface area contributed by atoms with Crippen LogP contribution in [0, 0.1) is 0 Å². The molecule has 4 N–H and O–H groups in total. The van der Waals surface area contributed by atoms with Crippen LogP contribution in [0.1, 0.15) is 31.1 Å². The van der Waals surface area contributed by atoms with E-state index >= 15 is 0 Å². The molecule has 5 nitrogen and oxygen atoms in total. The lowest BCUT2D eigenvalue weighted by atomic mass is 10.1. The first-order valence-corrected chi connectivity index (χ1v) is 6.57. The third-order valence-electron chi connectivity index (χ3n) is 2.52. The Kier molecular flexibility index (Phi) is 6.15. The number of nitrogen functional groups attached to an aromatic ring is 1. The smallest absolute Gasteiger partial charge is 0.251 e. The van der Waals surface area contributed by atoms with Gasteiger partial charge in [0, 0.05) is 18.7 Å². The zero-order chi connectivity index (χ0) is 14.3. The molecule has 1 rings (SSSR count). The van der Waals surface area contributed by atoms with E-state index in [1.807, 2.05) is 26.8 Å². The van der Waals surface area contributed by atoms with Crippen LogP contribution in [-0.2, 0) is 4.74 Å². The minimum Gasteiger partial charge on any atom is -0.397 e. The Morgan fingerprint density at radius 1 is 1.42 bits per heavy atom. The lowest BCUT2D eigenvalue weighted by molar-refractivity contribution is 0.0870. The van der Waals surface area contributed by atoms with Gasteiger partial charge in [-0.25, -0.2) is 0 Å². The number of carbonyl (C=O) groups is 1. The van der Waals surface area contributed by atoms with Crippen molar-refractivity contribution in [1.29, 1.82) is 0 Å². The van der Waals surface area contributed by atoms with Crippen molar-refractivity contribution in [2.75, 3.05) is 30.7 Å². The number of anilines is 2. The van der Waals surface area contributed by atoms with E-state index in [4.69, 9.17) is 10.5 Å². The predicted molar refractivity (Wildman–Crippen MR) is 78.4 cm³/mol. The van der Waals surface area contributed by atoms with Gasteiger partial charge >= 0.3 is 0 Å². The number of carbonyl (C=O) groups excluding carboxylic acids is 1. The number of ether oxygens (including phenoxy) is 1. The van der Waals surface area contributed by atoms with Gasteiger partial charge in [0.15, 0.2) is 0 Å². The highest BCUT2D eigenvalue weighted by Gasteiger charge is 2.06. The molecule has 0 heterocycles. The van der Waals surface area contributed by atoms with Gasteiger partial charge in [0.25, 0.3) is 5.91 Å². The van der Waals surface area contributed by atoms with Crippen LogP contribution in [0.3, 0.4) is 0 Å². The number of rotatable bonds is 7. The molecule has 1 aromatic rings. The zero-order valence-corrected chi connectivity index (χ0v) is 11.8. The van der Waals surface area contributed by atoms with Crippen molar-refractivity contribution in [3.8, 4) is 0 Å². The maximum Gasteiger partial charge on any atom is 0.251 e. The quantitative estimate of drug-likeness (QED) is 0.519. The molecule has 0 aliphatic heterocycles. The number of benzene rings is 1. The van der Waals surface area contributed by atoms with E-state index in [1.165, 1.54) is 0 Å². The van der Waals surface area contributed by atoms with Crippen LogP contribution in [0.15, 0.2) is 18.2 Å². The molecule has 0 bridgehead atoms. The highest BCUT2D eigenvalue weighted by atomic mass is 16.5. The fraction of sp³-hybridized carbons (Fsp3) is 0.500. The summed E-state index contributed by atoms with van der Waals surface area (Å²) in [5.41, 5.74) is 7.87. The predicted octanol–water partition coefficient (Wildman–Crippen LogP) is 1.86. The second-order valence-corrected chi connectivity index (χ2v) is 4.51. The van der Waals surface area contributed by atoms with Crippen LogP contribution in [0.25, 0.3) is 0 Å². The molecule has 1 amide bonds. The van der Waals surface area contributed by atoms with Gasteiger partial charge in [0.05, 0.1) is 24.1 Å². The Morgan fingerprint density at radius 3 is 2.74 bits per heavy atom.